The van der Waals surface area contributed by atoms with Gasteiger partial charge in [0, 0.05) is 15.7 Å². The lowest BCUT2D eigenvalue weighted by Crippen LogP contribution is -2.35. The molecule has 4 nitrogen and oxygen atoms in total. The number of nitrogens with zero attached hydrogens (tertiary/aromatic N) is 3. The number of hydrogen-bond donors (Lipinski definition) is 1. The Morgan fingerprint density at radius 3 is 2.25 bits per heavy atom. The zero-order valence-corrected chi connectivity index (χ0v) is 14.4. The van der Waals surface area contributed by atoms with Gasteiger partial charge in [0.05, 0.1) is 0 Å². The molecular weight excluding hydrogens is 343 g/mol. The molecule has 0 fully saturated rings. The largest absolute Gasteiger partial charge is 0.324 e. The van der Waals surface area contributed by atoms with Gasteiger partial charge in [-0.15, -0.1) is 0 Å². The van der Waals surface area contributed by atoms with Gasteiger partial charge in [-0.3, -0.25) is 0 Å². The molecule has 2 aromatic carbocycles. The first-order valence-electron chi connectivity index (χ1n) is 7.49. The second-order valence-electron chi connectivity index (χ2n) is 5.84. The third-order valence-electron chi connectivity index (χ3n) is 4.24. The molecule has 1 aromatic heterocycles. The maximum absolute atomic E-state index is 6.04. The molecular formula is C18H14Cl2N4. The van der Waals surface area contributed by atoms with E-state index < -0.39 is 5.54 Å². The van der Waals surface area contributed by atoms with E-state index in [-0.39, 0.29) is 0 Å². The highest BCUT2D eigenvalue weighted by atomic mass is 35.5. The van der Waals surface area contributed by atoms with E-state index in [2.05, 4.69) is 28.4 Å². The van der Waals surface area contributed by atoms with Gasteiger partial charge >= 0.3 is 0 Å². The Balaban J connectivity index is 1.87. The molecule has 0 saturated carbocycles. The molecule has 0 spiro atoms. The van der Waals surface area contributed by atoms with E-state index in [0.29, 0.717) is 16.0 Å². The lowest BCUT2D eigenvalue weighted by atomic mass is 9.89. The summed E-state index contributed by atoms with van der Waals surface area (Å²) >= 11 is 12.0. The maximum Gasteiger partial charge on any atom is 0.226 e. The Morgan fingerprint density at radius 1 is 0.958 bits per heavy atom. The van der Waals surface area contributed by atoms with Crippen molar-refractivity contribution < 1.29 is 0 Å². The molecule has 0 bridgehead atoms. The Bertz CT molecular complexity index is 913. The molecule has 120 valence electrons. The van der Waals surface area contributed by atoms with Gasteiger partial charge in [-0.25, -0.2) is 4.68 Å². The minimum atomic E-state index is -0.476. The van der Waals surface area contributed by atoms with Gasteiger partial charge in [0.15, 0.2) is 0 Å². The topological polar surface area (TPSA) is 42.7 Å². The molecule has 0 saturated heterocycles. The van der Waals surface area contributed by atoms with Crippen LogP contribution in [-0.4, -0.2) is 14.8 Å². The highest BCUT2D eigenvalue weighted by Crippen LogP contribution is 2.37. The van der Waals surface area contributed by atoms with Gasteiger partial charge in [-0.1, -0.05) is 47.5 Å². The van der Waals surface area contributed by atoms with E-state index in [1.807, 2.05) is 53.2 Å². The fourth-order valence-electron chi connectivity index (χ4n) is 2.94. The number of aromatic nitrogens is 3. The van der Waals surface area contributed by atoms with Crippen LogP contribution in [0.15, 0.2) is 60.9 Å². The second-order valence-corrected chi connectivity index (χ2v) is 6.71. The molecule has 0 aliphatic carbocycles. The second kappa shape index (κ2) is 5.65. The summed E-state index contributed by atoms with van der Waals surface area (Å²) in [5.41, 5.74) is 2.60. The summed E-state index contributed by atoms with van der Waals surface area (Å²) in [7, 11) is 0. The molecule has 3 aromatic rings. The van der Waals surface area contributed by atoms with E-state index >= 15 is 0 Å². The van der Waals surface area contributed by atoms with Crippen LogP contribution in [0.4, 0.5) is 5.95 Å². The van der Waals surface area contributed by atoms with E-state index in [9.17, 15) is 0 Å². The fraction of sp³-hybridized carbons (Fsp3) is 0.111. The van der Waals surface area contributed by atoms with Crippen molar-refractivity contribution in [1.29, 1.82) is 0 Å². The minimum Gasteiger partial charge on any atom is -0.324 e. The van der Waals surface area contributed by atoms with Crippen molar-refractivity contribution in [1.82, 2.24) is 14.8 Å². The summed E-state index contributed by atoms with van der Waals surface area (Å²) in [5, 5.41) is 9.14. The average Bonchev–Trinajstić information content (AvgIpc) is 3.05. The standard InChI is InChI=1S/C18H14Cl2N4/c1-18(13-4-8-15(20)9-5-13)10-16(12-2-6-14(19)7-3-12)23-17-21-11-22-24(17)18/h2-11H,1H3,(H,21,22,23). The van der Waals surface area contributed by atoms with Crippen molar-refractivity contribution >= 4 is 34.8 Å². The minimum absolute atomic E-state index is 0.476. The Labute approximate surface area is 149 Å². The molecule has 1 atom stereocenters. The van der Waals surface area contributed by atoms with Gasteiger partial charge in [-0.2, -0.15) is 10.1 Å². The monoisotopic (exact) mass is 356 g/mol. The van der Waals surface area contributed by atoms with Crippen LogP contribution in [0.2, 0.25) is 10.0 Å². The summed E-state index contributed by atoms with van der Waals surface area (Å²) < 4.78 is 1.87. The smallest absolute Gasteiger partial charge is 0.226 e. The number of hydrogen-bond acceptors (Lipinski definition) is 3. The fourth-order valence-corrected chi connectivity index (χ4v) is 3.20. The van der Waals surface area contributed by atoms with Gasteiger partial charge in [0.1, 0.15) is 11.9 Å². The van der Waals surface area contributed by atoms with Crippen LogP contribution in [0.25, 0.3) is 5.70 Å². The van der Waals surface area contributed by atoms with Crippen molar-refractivity contribution in [2.24, 2.45) is 0 Å². The summed E-state index contributed by atoms with van der Waals surface area (Å²) in [4.78, 5) is 4.34. The number of halogens is 2. The van der Waals surface area contributed by atoms with Crippen molar-refractivity contribution in [3.63, 3.8) is 0 Å². The number of fused-ring (bicyclic) bond motifs is 1. The summed E-state index contributed by atoms with van der Waals surface area (Å²) in [6, 6.07) is 15.5. The first-order valence-corrected chi connectivity index (χ1v) is 8.24. The summed E-state index contributed by atoms with van der Waals surface area (Å²) in [6.45, 7) is 2.10. The van der Waals surface area contributed by atoms with Crippen LogP contribution in [0.3, 0.4) is 0 Å². The quantitative estimate of drug-likeness (QED) is 0.715. The number of benzene rings is 2. The van der Waals surface area contributed by atoms with Crippen LogP contribution < -0.4 is 5.32 Å². The van der Waals surface area contributed by atoms with Gasteiger partial charge < -0.3 is 5.32 Å². The molecule has 6 heteroatoms. The van der Waals surface area contributed by atoms with Crippen molar-refractivity contribution in [2.75, 3.05) is 5.32 Å². The number of allylic oxidation sites excluding steroid dienone is 1. The van der Waals surface area contributed by atoms with E-state index in [0.717, 1.165) is 16.8 Å². The summed E-state index contributed by atoms with van der Waals surface area (Å²) in [6.07, 6.45) is 3.69. The van der Waals surface area contributed by atoms with E-state index in [1.54, 1.807) is 6.33 Å². The normalized spacial score (nSPS) is 19.4. The maximum atomic E-state index is 6.04. The number of anilines is 1. The third-order valence-corrected chi connectivity index (χ3v) is 4.75. The Morgan fingerprint density at radius 2 is 1.58 bits per heavy atom. The highest BCUT2D eigenvalue weighted by molar-refractivity contribution is 6.30. The van der Waals surface area contributed by atoms with E-state index in [4.69, 9.17) is 23.2 Å². The molecule has 1 aliphatic heterocycles. The van der Waals surface area contributed by atoms with Crippen molar-refractivity contribution in [2.45, 2.75) is 12.5 Å². The molecule has 4 rings (SSSR count). The van der Waals surface area contributed by atoms with Crippen LogP contribution in [0, 0.1) is 0 Å². The van der Waals surface area contributed by atoms with E-state index in [1.165, 1.54) is 0 Å². The summed E-state index contributed by atoms with van der Waals surface area (Å²) in [5.74, 6) is 0.694. The molecule has 1 aliphatic rings. The lowest BCUT2D eigenvalue weighted by Gasteiger charge is -2.33. The molecule has 2 heterocycles. The number of rotatable bonds is 2. The molecule has 0 amide bonds. The lowest BCUT2D eigenvalue weighted by molar-refractivity contribution is 0.442. The van der Waals surface area contributed by atoms with Crippen LogP contribution in [-0.2, 0) is 5.54 Å². The molecule has 24 heavy (non-hydrogen) atoms. The SMILES string of the molecule is CC1(c2ccc(Cl)cc2)C=C(c2ccc(Cl)cc2)Nc2ncnn21. The van der Waals surface area contributed by atoms with Crippen LogP contribution in [0.1, 0.15) is 18.1 Å². The predicted octanol–water partition coefficient (Wildman–Crippen LogP) is 4.82. The Kier molecular flexibility index (Phi) is 3.59. The predicted molar refractivity (Wildman–Crippen MR) is 97.3 cm³/mol. The first-order chi connectivity index (χ1) is 11.6. The highest BCUT2D eigenvalue weighted by Gasteiger charge is 2.34. The van der Waals surface area contributed by atoms with Gasteiger partial charge in [0.2, 0.25) is 5.95 Å². The third kappa shape index (κ3) is 2.48. The molecule has 1 unspecified atom stereocenters. The number of nitrogens with one attached hydrogen (secondary N) is 1. The molecule has 1 N–H and O–H groups in total. The van der Waals surface area contributed by atoms with Crippen LogP contribution >= 0.6 is 23.2 Å². The molecule has 0 radical (unpaired) electrons. The van der Waals surface area contributed by atoms with Gasteiger partial charge in [-0.05, 0) is 48.4 Å². The average molecular weight is 357 g/mol. The van der Waals surface area contributed by atoms with Crippen LogP contribution in [0.5, 0.6) is 0 Å². The Hall–Kier alpha value is -2.30. The first kappa shape index (κ1) is 15.2. The van der Waals surface area contributed by atoms with Crippen molar-refractivity contribution in [3.8, 4) is 0 Å². The zero-order valence-electron chi connectivity index (χ0n) is 12.9. The van der Waals surface area contributed by atoms with Gasteiger partial charge in [0.25, 0.3) is 0 Å². The zero-order chi connectivity index (χ0) is 16.7. The van der Waals surface area contributed by atoms with Crippen molar-refractivity contribution in [3.05, 3.63) is 82.1 Å².